The molecular weight excluding hydrogens is 363 g/mol. The lowest BCUT2D eigenvalue weighted by Crippen LogP contribution is -2.28. The summed E-state index contributed by atoms with van der Waals surface area (Å²) in [5.41, 5.74) is 1.48. The summed E-state index contributed by atoms with van der Waals surface area (Å²) in [6, 6.07) is 12.7. The van der Waals surface area contributed by atoms with Gasteiger partial charge in [0.25, 0.3) is 0 Å². The summed E-state index contributed by atoms with van der Waals surface area (Å²) in [4.78, 5) is 11.8. The van der Waals surface area contributed by atoms with Gasteiger partial charge in [0.15, 0.2) is 0 Å². The number of nitrogens with one attached hydrogen (secondary N) is 2. The van der Waals surface area contributed by atoms with Crippen LogP contribution in [0, 0.1) is 0 Å². The van der Waals surface area contributed by atoms with Gasteiger partial charge in [-0.1, -0.05) is 53.5 Å². The third-order valence-corrected chi connectivity index (χ3v) is 4.35. The maximum atomic E-state index is 11.8. The zero-order valence-corrected chi connectivity index (χ0v) is 13.4. The van der Waals surface area contributed by atoms with E-state index in [2.05, 4.69) is 26.6 Å². The highest BCUT2D eigenvalue weighted by Crippen LogP contribution is 2.35. The normalized spacial score (nSPS) is 10.2. The van der Waals surface area contributed by atoms with Gasteiger partial charge in [-0.25, -0.2) is 4.79 Å². The monoisotopic (exact) mass is 372 g/mol. The second kappa shape index (κ2) is 6.97. The van der Waals surface area contributed by atoms with Crippen LogP contribution in [-0.2, 0) is 6.54 Å². The van der Waals surface area contributed by atoms with Crippen molar-refractivity contribution < 1.29 is 4.79 Å². The van der Waals surface area contributed by atoms with E-state index in [0.29, 0.717) is 26.8 Å². The van der Waals surface area contributed by atoms with Crippen LogP contribution in [0.4, 0.5) is 10.5 Å². The van der Waals surface area contributed by atoms with E-state index in [9.17, 15) is 4.79 Å². The van der Waals surface area contributed by atoms with Gasteiger partial charge in [0, 0.05) is 11.0 Å². The van der Waals surface area contributed by atoms with Crippen molar-refractivity contribution >= 4 is 50.9 Å². The molecule has 0 atom stereocenters. The van der Waals surface area contributed by atoms with E-state index >= 15 is 0 Å². The number of urea groups is 1. The van der Waals surface area contributed by atoms with Gasteiger partial charge in [-0.3, -0.25) is 0 Å². The molecule has 2 aromatic carbocycles. The molecule has 3 nitrogen and oxygen atoms in total. The molecule has 0 aromatic heterocycles. The summed E-state index contributed by atoms with van der Waals surface area (Å²) in [5, 5.41) is 6.08. The number of hydrogen-bond donors (Lipinski definition) is 2. The summed E-state index contributed by atoms with van der Waals surface area (Å²) in [5.74, 6) is 0. The SMILES string of the molecule is O=C(NCc1ccccc1)Nc1ccc(Br)c(Cl)c1Cl. The molecular formula is C14H11BrCl2N2O. The van der Waals surface area contributed by atoms with Crippen molar-refractivity contribution in [3.63, 3.8) is 0 Å². The third kappa shape index (κ3) is 3.88. The lowest BCUT2D eigenvalue weighted by Gasteiger charge is -2.10. The van der Waals surface area contributed by atoms with E-state index in [0.717, 1.165) is 5.56 Å². The van der Waals surface area contributed by atoms with Crippen molar-refractivity contribution in [3.05, 3.63) is 62.5 Å². The van der Waals surface area contributed by atoms with E-state index in [1.807, 2.05) is 30.3 Å². The first-order chi connectivity index (χ1) is 9.58. The Morgan fingerprint density at radius 2 is 1.75 bits per heavy atom. The maximum absolute atomic E-state index is 11.8. The highest BCUT2D eigenvalue weighted by Gasteiger charge is 2.10. The Labute approximate surface area is 135 Å². The summed E-state index contributed by atoms with van der Waals surface area (Å²) in [7, 11) is 0. The smallest absolute Gasteiger partial charge is 0.319 e. The van der Waals surface area contributed by atoms with Crippen molar-refractivity contribution in [3.8, 4) is 0 Å². The molecule has 6 heteroatoms. The van der Waals surface area contributed by atoms with Crippen LogP contribution in [-0.4, -0.2) is 6.03 Å². The van der Waals surface area contributed by atoms with Gasteiger partial charge in [-0.05, 0) is 33.6 Å². The number of benzene rings is 2. The van der Waals surface area contributed by atoms with Crippen LogP contribution in [0.15, 0.2) is 46.9 Å². The molecule has 2 N–H and O–H groups in total. The first-order valence-electron chi connectivity index (χ1n) is 5.80. The quantitative estimate of drug-likeness (QED) is 0.724. The predicted octanol–water partition coefficient (Wildman–Crippen LogP) is 5.08. The Balaban J connectivity index is 1.97. The molecule has 2 amide bonds. The summed E-state index contributed by atoms with van der Waals surface area (Å²) in [6.45, 7) is 0.439. The molecule has 0 spiro atoms. The van der Waals surface area contributed by atoms with Gasteiger partial charge in [-0.15, -0.1) is 0 Å². The fourth-order valence-corrected chi connectivity index (χ4v) is 2.39. The van der Waals surface area contributed by atoms with E-state index in [4.69, 9.17) is 23.2 Å². The minimum Gasteiger partial charge on any atom is -0.334 e. The second-order valence-electron chi connectivity index (χ2n) is 4.02. The Morgan fingerprint density at radius 3 is 2.45 bits per heavy atom. The molecule has 0 bridgehead atoms. The van der Waals surface area contributed by atoms with Gasteiger partial charge in [0.05, 0.1) is 15.7 Å². The van der Waals surface area contributed by atoms with Crippen LogP contribution in [0.25, 0.3) is 0 Å². The fourth-order valence-electron chi connectivity index (χ4n) is 1.57. The van der Waals surface area contributed by atoms with Crippen LogP contribution in [0.5, 0.6) is 0 Å². The third-order valence-electron chi connectivity index (χ3n) is 2.58. The van der Waals surface area contributed by atoms with Gasteiger partial charge in [0.2, 0.25) is 0 Å². The molecule has 104 valence electrons. The minimum absolute atomic E-state index is 0.302. The lowest BCUT2D eigenvalue weighted by atomic mass is 10.2. The molecule has 0 saturated heterocycles. The van der Waals surface area contributed by atoms with Crippen LogP contribution < -0.4 is 10.6 Å². The molecule has 0 saturated carbocycles. The summed E-state index contributed by atoms with van der Waals surface area (Å²) in [6.07, 6.45) is 0. The molecule has 0 aliphatic carbocycles. The largest absolute Gasteiger partial charge is 0.334 e. The molecule has 2 rings (SSSR count). The highest BCUT2D eigenvalue weighted by atomic mass is 79.9. The van der Waals surface area contributed by atoms with Crippen molar-refractivity contribution in [1.29, 1.82) is 0 Å². The molecule has 0 aliphatic heterocycles. The van der Waals surface area contributed by atoms with E-state index < -0.39 is 0 Å². The minimum atomic E-state index is -0.339. The van der Waals surface area contributed by atoms with Crippen LogP contribution in [0.3, 0.4) is 0 Å². The van der Waals surface area contributed by atoms with Gasteiger partial charge in [0.1, 0.15) is 0 Å². The van der Waals surface area contributed by atoms with Crippen LogP contribution in [0.1, 0.15) is 5.56 Å². The molecule has 2 aromatic rings. The Bertz CT molecular complexity index is 620. The van der Waals surface area contributed by atoms with E-state index in [-0.39, 0.29) is 6.03 Å². The van der Waals surface area contributed by atoms with Gasteiger partial charge in [-0.2, -0.15) is 0 Å². The second-order valence-corrected chi connectivity index (χ2v) is 5.63. The molecule has 0 radical (unpaired) electrons. The number of rotatable bonds is 3. The average Bonchev–Trinajstić information content (AvgIpc) is 2.47. The van der Waals surface area contributed by atoms with Gasteiger partial charge < -0.3 is 10.6 Å². The number of halogens is 3. The highest BCUT2D eigenvalue weighted by molar-refractivity contribution is 9.10. The van der Waals surface area contributed by atoms with Crippen LogP contribution in [0.2, 0.25) is 10.0 Å². The topological polar surface area (TPSA) is 41.1 Å². The van der Waals surface area contributed by atoms with Gasteiger partial charge >= 0.3 is 6.03 Å². The maximum Gasteiger partial charge on any atom is 0.319 e. The number of carbonyl (C=O) groups excluding carboxylic acids is 1. The molecule has 0 aliphatic rings. The summed E-state index contributed by atoms with van der Waals surface area (Å²) >= 11 is 15.3. The molecule has 0 fully saturated rings. The average molecular weight is 374 g/mol. The summed E-state index contributed by atoms with van der Waals surface area (Å²) < 4.78 is 0.680. The van der Waals surface area contributed by atoms with E-state index in [1.54, 1.807) is 12.1 Å². The molecule has 0 heterocycles. The number of amides is 2. The van der Waals surface area contributed by atoms with Crippen molar-refractivity contribution in [1.82, 2.24) is 5.32 Å². The van der Waals surface area contributed by atoms with Crippen molar-refractivity contribution in [2.45, 2.75) is 6.54 Å². The molecule has 0 unspecified atom stereocenters. The van der Waals surface area contributed by atoms with Crippen molar-refractivity contribution in [2.75, 3.05) is 5.32 Å². The zero-order chi connectivity index (χ0) is 14.5. The number of hydrogen-bond acceptors (Lipinski definition) is 1. The first kappa shape index (κ1) is 15.2. The lowest BCUT2D eigenvalue weighted by molar-refractivity contribution is 0.251. The Morgan fingerprint density at radius 1 is 1.05 bits per heavy atom. The standard InChI is InChI=1S/C14H11BrCl2N2O/c15-10-6-7-11(13(17)12(10)16)19-14(20)18-8-9-4-2-1-3-5-9/h1-7H,8H2,(H2,18,19,20). The van der Waals surface area contributed by atoms with E-state index in [1.165, 1.54) is 0 Å². The fraction of sp³-hybridized carbons (Fsp3) is 0.0714. The zero-order valence-electron chi connectivity index (χ0n) is 10.3. The Hall–Kier alpha value is -1.23. The first-order valence-corrected chi connectivity index (χ1v) is 7.35. The molecule has 20 heavy (non-hydrogen) atoms. The van der Waals surface area contributed by atoms with Crippen molar-refractivity contribution in [2.24, 2.45) is 0 Å². The van der Waals surface area contributed by atoms with Crippen LogP contribution >= 0.6 is 39.1 Å². The number of carbonyl (C=O) groups is 1. The number of anilines is 1. The Kier molecular flexibility index (Phi) is 5.29. The predicted molar refractivity (Wildman–Crippen MR) is 86.5 cm³/mol.